The van der Waals surface area contributed by atoms with Gasteiger partial charge in [0.25, 0.3) is 0 Å². The number of carboxylic acids is 1. The van der Waals surface area contributed by atoms with Crippen LogP contribution in [0.15, 0.2) is 45.7 Å². The molecule has 1 aromatic carbocycles. The van der Waals surface area contributed by atoms with E-state index in [0.717, 1.165) is 0 Å². The lowest BCUT2D eigenvalue weighted by molar-refractivity contribution is -0.137. The second kappa shape index (κ2) is 6.84. The predicted octanol–water partition coefficient (Wildman–Crippen LogP) is 2.09. The minimum atomic E-state index is -3.99. The first kappa shape index (κ1) is 17.0. The van der Waals surface area contributed by atoms with Gasteiger partial charge >= 0.3 is 5.97 Å². The van der Waals surface area contributed by atoms with Crippen LogP contribution in [0.5, 0.6) is 5.75 Å². The normalized spacial score (nSPS) is 12.8. The molecular weight excluding hydrogens is 322 g/mol. The number of methoxy groups -OCH3 is 1. The summed E-state index contributed by atoms with van der Waals surface area (Å²) in [6.07, 6.45) is -0.443. The summed E-state index contributed by atoms with van der Waals surface area (Å²) in [5, 5.41) is 9.02. The van der Waals surface area contributed by atoms with Crippen LogP contribution in [0.4, 0.5) is 0 Å². The fourth-order valence-electron chi connectivity index (χ4n) is 2.11. The van der Waals surface area contributed by atoms with E-state index in [1.54, 1.807) is 31.2 Å². The first-order valence-electron chi connectivity index (χ1n) is 6.77. The number of ether oxygens (including phenoxy) is 1. The Morgan fingerprint density at radius 3 is 2.57 bits per heavy atom. The molecule has 2 aromatic rings. The van der Waals surface area contributed by atoms with Crippen LogP contribution >= 0.6 is 0 Å². The van der Waals surface area contributed by atoms with Crippen molar-refractivity contribution in [2.75, 3.05) is 7.11 Å². The van der Waals surface area contributed by atoms with Gasteiger partial charge < -0.3 is 14.3 Å². The number of carboxylic acid groups (broad SMARTS) is 1. The van der Waals surface area contributed by atoms with Crippen molar-refractivity contribution in [1.82, 2.24) is 4.72 Å². The maximum absolute atomic E-state index is 12.6. The van der Waals surface area contributed by atoms with Crippen LogP contribution in [-0.2, 0) is 14.8 Å². The summed E-state index contributed by atoms with van der Waals surface area (Å²) in [4.78, 5) is 11.0. The van der Waals surface area contributed by atoms with Crippen molar-refractivity contribution in [2.24, 2.45) is 0 Å². The Hall–Kier alpha value is -2.32. The Balaban J connectivity index is 2.36. The number of furan rings is 1. The zero-order valence-corrected chi connectivity index (χ0v) is 13.5. The fourth-order valence-corrected chi connectivity index (χ4v) is 3.48. The fraction of sp³-hybridized carbons (Fsp3) is 0.267. The van der Waals surface area contributed by atoms with Gasteiger partial charge in [0, 0.05) is 0 Å². The smallest absolute Gasteiger partial charge is 0.305 e. The largest absolute Gasteiger partial charge is 0.495 e. The number of benzene rings is 1. The van der Waals surface area contributed by atoms with Gasteiger partial charge in [0.1, 0.15) is 22.2 Å². The molecule has 0 spiro atoms. The van der Waals surface area contributed by atoms with Crippen molar-refractivity contribution >= 4 is 16.0 Å². The summed E-state index contributed by atoms with van der Waals surface area (Å²) < 4.78 is 37.9. The number of para-hydroxylation sites is 1. The minimum absolute atomic E-state index is 0.0684. The van der Waals surface area contributed by atoms with Gasteiger partial charge in [-0.05, 0) is 31.2 Å². The highest BCUT2D eigenvalue weighted by Crippen LogP contribution is 2.27. The average Bonchev–Trinajstić information content (AvgIpc) is 2.92. The molecule has 1 atom stereocenters. The standard InChI is InChI=1S/C15H17NO6S/c1-10-7-8-12(22-10)11(9-15(17)18)16-23(19,20)14-6-4-3-5-13(14)21-2/h3-8,11,16H,9H2,1-2H3,(H,17,18). The van der Waals surface area contributed by atoms with Crippen LogP contribution < -0.4 is 9.46 Å². The molecule has 0 bridgehead atoms. The van der Waals surface area contributed by atoms with E-state index in [9.17, 15) is 13.2 Å². The SMILES string of the molecule is COc1ccccc1S(=O)(=O)NC(CC(=O)O)c1ccc(C)o1. The molecule has 0 aliphatic rings. The van der Waals surface area contributed by atoms with Gasteiger partial charge in [-0.1, -0.05) is 12.1 Å². The lowest BCUT2D eigenvalue weighted by Crippen LogP contribution is -2.30. The molecule has 0 amide bonds. The minimum Gasteiger partial charge on any atom is -0.495 e. The quantitative estimate of drug-likeness (QED) is 0.800. The van der Waals surface area contributed by atoms with Crippen molar-refractivity contribution in [3.63, 3.8) is 0 Å². The van der Waals surface area contributed by atoms with Crippen LogP contribution in [0.2, 0.25) is 0 Å². The van der Waals surface area contributed by atoms with Crippen LogP contribution in [0.25, 0.3) is 0 Å². The number of aliphatic carboxylic acids is 1. The number of rotatable bonds is 7. The van der Waals surface area contributed by atoms with Gasteiger partial charge in [-0.15, -0.1) is 0 Å². The van der Waals surface area contributed by atoms with E-state index in [1.807, 2.05) is 0 Å². The van der Waals surface area contributed by atoms with Crippen molar-refractivity contribution < 1.29 is 27.5 Å². The molecule has 0 aliphatic carbocycles. The topological polar surface area (TPSA) is 106 Å². The zero-order chi connectivity index (χ0) is 17.0. The highest BCUT2D eigenvalue weighted by Gasteiger charge is 2.27. The van der Waals surface area contributed by atoms with E-state index < -0.39 is 28.5 Å². The first-order valence-corrected chi connectivity index (χ1v) is 8.25. The van der Waals surface area contributed by atoms with E-state index in [0.29, 0.717) is 5.76 Å². The molecule has 8 heteroatoms. The molecule has 7 nitrogen and oxygen atoms in total. The van der Waals surface area contributed by atoms with Gasteiger partial charge in [-0.25, -0.2) is 8.42 Å². The second-order valence-electron chi connectivity index (χ2n) is 4.87. The molecule has 0 aliphatic heterocycles. The van der Waals surface area contributed by atoms with Crippen molar-refractivity contribution in [3.05, 3.63) is 47.9 Å². The average molecular weight is 339 g/mol. The van der Waals surface area contributed by atoms with Gasteiger partial charge in [0.05, 0.1) is 19.6 Å². The van der Waals surface area contributed by atoms with E-state index in [-0.39, 0.29) is 16.4 Å². The Morgan fingerprint density at radius 1 is 1.30 bits per heavy atom. The van der Waals surface area contributed by atoms with E-state index in [1.165, 1.54) is 19.2 Å². The Labute approximate surface area is 133 Å². The second-order valence-corrected chi connectivity index (χ2v) is 6.55. The van der Waals surface area contributed by atoms with E-state index >= 15 is 0 Å². The maximum atomic E-state index is 12.6. The summed E-state index contributed by atoms with van der Waals surface area (Å²) >= 11 is 0. The van der Waals surface area contributed by atoms with Gasteiger partial charge in [-0.3, -0.25) is 4.79 Å². The summed E-state index contributed by atoms with van der Waals surface area (Å²) in [6, 6.07) is 8.26. The van der Waals surface area contributed by atoms with Crippen molar-refractivity contribution in [2.45, 2.75) is 24.3 Å². The molecule has 0 fully saturated rings. The number of nitrogens with one attached hydrogen (secondary N) is 1. The molecular formula is C15H17NO6S. The number of hydrogen-bond donors (Lipinski definition) is 2. The molecule has 124 valence electrons. The first-order chi connectivity index (χ1) is 10.8. The van der Waals surface area contributed by atoms with E-state index in [4.69, 9.17) is 14.3 Å². The van der Waals surface area contributed by atoms with Gasteiger partial charge in [-0.2, -0.15) is 4.72 Å². The zero-order valence-electron chi connectivity index (χ0n) is 12.6. The highest BCUT2D eigenvalue weighted by molar-refractivity contribution is 7.89. The van der Waals surface area contributed by atoms with Crippen LogP contribution in [-0.4, -0.2) is 26.6 Å². The van der Waals surface area contributed by atoms with Gasteiger partial charge in [0.15, 0.2) is 0 Å². The lowest BCUT2D eigenvalue weighted by Gasteiger charge is -2.16. The Bertz CT molecular complexity index is 796. The third kappa shape index (κ3) is 4.11. The van der Waals surface area contributed by atoms with Crippen molar-refractivity contribution in [1.29, 1.82) is 0 Å². The number of carbonyl (C=O) groups is 1. The number of sulfonamides is 1. The molecule has 1 aromatic heterocycles. The summed E-state index contributed by atoms with van der Waals surface area (Å²) in [6.45, 7) is 1.69. The third-order valence-corrected chi connectivity index (χ3v) is 4.65. The predicted molar refractivity (Wildman–Crippen MR) is 81.8 cm³/mol. The molecule has 0 saturated carbocycles. The number of hydrogen-bond acceptors (Lipinski definition) is 5. The lowest BCUT2D eigenvalue weighted by atomic mass is 10.2. The Morgan fingerprint density at radius 2 is 2.00 bits per heavy atom. The molecule has 1 heterocycles. The van der Waals surface area contributed by atoms with E-state index in [2.05, 4.69) is 4.72 Å². The highest BCUT2D eigenvalue weighted by atomic mass is 32.2. The molecule has 0 radical (unpaired) electrons. The molecule has 2 N–H and O–H groups in total. The molecule has 23 heavy (non-hydrogen) atoms. The Kier molecular flexibility index (Phi) is 5.07. The monoisotopic (exact) mass is 339 g/mol. The van der Waals surface area contributed by atoms with Crippen molar-refractivity contribution in [3.8, 4) is 5.75 Å². The molecule has 1 unspecified atom stereocenters. The van der Waals surface area contributed by atoms with Crippen LogP contribution in [0, 0.1) is 6.92 Å². The summed E-state index contributed by atoms with van der Waals surface area (Å²) in [5.74, 6) is -0.174. The molecule has 2 rings (SSSR count). The summed E-state index contributed by atoms with van der Waals surface area (Å²) in [7, 11) is -2.63. The van der Waals surface area contributed by atoms with Crippen LogP contribution in [0.3, 0.4) is 0 Å². The molecule has 0 saturated heterocycles. The van der Waals surface area contributed by atoms with Crippen LogP contribution in [0.1, 0.15) is 24.0 Å². The third-order valence-electron chi connectivity index (χ3n) is 3.14. The maximum Gasteiger partial charge on any atom is 0.305 e. The summed E-state index contributed by atoms with van der Waals surface area (Å²) in [5.41, 5.74) is 0. The van der Waals surface area contributed by atoms with Gasteiger partial charge in [0.2, 0.25) is 10.0 Å². The number of aryl methyl sites for hydroxylation is 1.